The summed E-state index contributed by atoms with van der Waals surface area (Å²) in [6.07, 6.45) is 2.22. The average Bonchev–Trinajstić information content (AvgIpc) is 2.26. The summed E-state index contributed by atoms with van der Waals surface area (Å²) in [7, 11) is 6.05. The van der Waals surface area contributed by atoms with Crippen molar-refractivity contribution in [2.24, 2.45) is 11.7 Å². The Hall–Kier alpha value is -1.06. The zero-order chi connectivity index (χ0) is 14.2. The van der Waals surface area contributed by atoms with Crippen molar-refractivity contribution in [1.29, 1.82) is 0 Å². The summed E-state index contributed by atoms with van der Waals surface area (Å²) in [6.45, 7) is 4.27. The number of aryl methyl sites for hydroxylation is 2. The third-order valence-corrected chi connectivity index (χ3v) is 4.18. The minimum Gasteiger partial charge on any atom is -0.496 e. The summed E-state index contributed by atoms with van der Waals surface area (Å²) >= 11 is 0. The maximum Gasteiger partial charge on any atom is 0.126 e. The molecule has 3 nitrogen and oxygen atoms in total. The number of hydrogen-bond acceptors (Lipinski definition) is 3. The molecule has 0 aromatic heterocycles. The molecular weight excluding hydrogens is 236 g/mol. The Bertz CT molecular complexity index is 450. The lowest BCUT2D eigenvalue weighted by atomic mass is 9.73. The van der Waals surface area contributed by atoms with Crippen LogP contribution in [0.25, 0.3) is 0 Å². The summed E-state index contributed by atoms with van der Waals surface area (Å²) in [5.41, 5.74) is 9.78. The van der Waals surface area contributed by atoms with Gasteiger partial charge in [-0.2, -0.15) is 0 Å². The van der Waals surface area contributed by atoms with Crippen LogP contribution in [0.2, 0.25) is 0 Å². The lowest BCUT2D eigenvalue weighted by molar-refractivity contribution is 0.121. The Balaban J connectivity index is 2.41. The summed E-state index contributed by atoms with van der Waals surface area (Å²) in [6, 6.07) is 5.22. The van der Waals surface area contributed by atoms with Gasteiger partial charge in [0.25, 0.3) is 0 Å². The molecule has 2 N–H and O–H groups in total. The molecule has 3 heteroatoms. The van der Waals surface area contributed by atoms with Gasteiger partial charge < -0.3 is 15.4 Å². The Labute approximate surface area is 116 Å². The molecule has 0 amide bonds. The maximum absolute atomic E-state index is 5.97. The van der Waals surface area contributed by atoms with Gasteiger partial charge in [0, 0.05) is 17.6 Å². The molecule has 2 rings (SSSR count). The number of benzene rings is 1. The Morgan fingerprint density at radius 3 is 2.37 bits per heavy atom. The number of methoxy groups -OCH3 is 1. The molecule has 19 heavy (non-hydrogen) atoms. The highest BCUT2D eigenvalue weighted by Crippen LogP contribution is 2.43. The molecule has 0 bridgehead atoms. The number of nitrogens with zero attached hydrogens (tertiary/aromatic N) is 1. The molecule has 1 saturated carbocycles. The van der Waals surface area contributed by atoms with Gasteiger partial charge in [0.2, 0.25) is 0 Å². The predicted octanol–water partition coefficient (Wildman–Crippen LogP) is 2.65. The normalized spacial score (nSPS) is 24.2. The van der Waals surface area contributed by atoms with Crippen LogP contribution in [0.3, 0.4) is 0 Å². The van der Waals surface area contributed by atoms with Crippen molar-refractivity contribution in [1.82, 2.24) is 4.90 Å². The molecule has 0 aliphatic heterocycles. The number of hydrogen-bond donors (Lipinski definition) is 1. The number of ether oxygens (including phenoxy) is 1. The van der Waals surface area contributed by atoms with E-state index >= 15 is 0 Å². The second kappa shape index (κ2) is 5.51. The molecule has 1 unspecified atom stereocenters. The van der Waals surface area contributed by atoms with Crippen molar-refractivity contribution in [2.75, 3.05) is 21.2 Å². The summed E-state index contributed by atoms with van der Waals surface area (Å²) < 4.78 is 5.65. The molecule has 106 valence electrons. The van der Waals surface area contributed by atoms with Gasteiger partial charge >= 0.3 is 0 Å². The van der Waals surface area contributed by atoms with Gasteiger partial charge in [-0.15, -0.1) is 0 Å². The van der Waals surface area contributed by atoms with Crippen LogP contribution in [0.15, 0.2) is 12.1 Å². The fourth-order valence-corrected chi connectivity index (χ4v) is 3.41. The van der Waals surface area contributed by atoms with E-state index in [2.05, 4.69) is 45.0 Å². The molecule has 1 aromatic rings. The zero-order valence-electron chi connectivity index (χ0n) is 12.7. The van der Waals surface area contributed by atoms with Crippen LogP contribution in [0.5, 0.6) is 5.75 Å². The highest BCUT2D eigenvalue weighted by molar-refractivity contribution is 5.46. The van der Waals surface area contributed by atoms with E-state index in [0.717, 1.165) is 18.6 Å². The molecule has 1 atom stereocenters. The van der Waals surface area contributed by atoms with Crippen LogP contribution in [0.1, 0.15) is 35.6 Å². The first kappa shape index (κ1) is 14.4. The Morgan fingerprint density at radius 2 is 1.89 bits per heavy atom. The van der Waals surface area contributed by atoms with E-state index in [4.69, 9.17) is 10.5 Å². The lowest BCUT2D eigenvalue weighted by Gasteiger charge is -2.42. The van der Waals surface area contributed by atoms with Crippen LogP contribution >= 0.6 is 0 Å². The maximum atomic E-state index is 5.97. The third-order valence-electron chi connectivity index (χ3n) is 4.18. The van der Waals surface area contributed by atoms with Crippen molar-refractivity contribution in [3.63, 3.8) is 0 Å². The van der Waals surface area contributed by atoms with Crippen molar-refractivity contribution >= 4 is 0 Å². The number of nitrogens with two attached hydrogens (primary N) is 1. The van der Waals surface area contributed by atoms with Gasteiger partial charge in [-0.05, 0) is 52.3 Å². The summed E-state index contributed by atoms with van der Waals surface area (Å²) in [5.74, 6) is 1.67. The van der Waals surface area contributed by atoms with Gasteiger partial charge in [-0.25, -0.2) is 0 Å². The van der Waals surface area contributed by atoms with Gasteiger partial charge in [-0.3, -0.25) is 0 Å². The Kier molecular flexibility index (Phi) is 4.16. The van der Waals surface area contributed by atoms with Crippen LogP contribution in [0, 0.1) is 19.8 Å². The topological polar surface area (TPSA) is 38.5 Å². The molecule has 1 fully saturated rings. The Morgan fingerprint density at radius 1 is 1.26 bits per heavy atom. The van der Waals surface area contributed by atoms with E-state index in [1.165, 1.54) is 16.7 Å². The minimum absolute atomic E-state index is 0.379. The van der Waals surface area contributed by atoms with Crippen LogP contribution in [-0.2, 0) is 0 Å². The van der Waals surface area contributed by atoms with Crippen molar-refractivity contribution < 1.29 is 4.74 Å². The number of rotatable bonds is 4. The molecule has 1 aliphatic carbocycles. The van der Waals surface area contributed by atoms with Crippen LogP contribution in [0.4, 0.5) is 0 Å². The SMILES string of the molecule is COc1c(C)cc(C)cc1C(C1CC(N)C1)N(C)C. The van der Waals surface area contributed by atoms with Gasteiger partial charge in [-0.1, -0.05) is 17.7 Å². The van der Waals surface area contributed by atoms with Crippen molar-refractivity contribution in [2.45, 2.75) is 38.8 Å². The fourth-order valence-electron chi connectivity index (χ4n) is 3.41. The molecule has 0 spiro atoms. The zero-order valence-corrected chi connectivity index (χ0v) is 12.7. The summed E-state index contributed by atoms with van der Waals surface area (Å²) in [5, 5.41) is 0. The highest BCUT2D eigenvalue weighted by Gasteiger charge is 2.36. The monoisotopic (exact) mass is 262 g/mol. The largest absolute Gasteiger partial charge is 0.496 e. The van der Waals surface area contributed by atoms with E-state index in [9.17, 15) is 0 Å². The smallest absolute Gasteiger partial charge is 0.126 e. The van der Waals surface area contributed by atoms with E-state index in [0.29, 0.717) is 18.0 Å². The van der Waals surface area contributed by atoms with E-state index in [-0.39, 0.29) is 0 Å². The molecule has 0 radical (unpaired) electrons. The average molecular weight is 262 g/mol. The van der Waals surface area contributed by atoms with Gasteiger partial charge in [0.15, 0.2) is 0 Å². The van der Waals surface area contributed by atoms with Gasteiger partial charge in [0.1, 0.15) is 5.75 Å². The predicted molar refractivity (Wildman–Crippen MR) is 79.6 cm³/mol. The van der Waals surface area contributed by atoms with E-state index in [1.54, 1.807) is 7.11 Å². The van der Waals surface area contributed by atoms with E-state index < -0.39 is 0 Å². The third kappa shape index (κ3) is 2.77. The first-order chi connectivity index (χ1) is 8.93. The van der Waals surface area contributed by atoms with Crippen molar-refractivity contribution in [3.8, 4) is 5.75 Å². The second-order valence-electron chi connectivity index (χ2n) is 6.10. The van der Waals surface area contributed by atoms with Crippen molar-refractivity contribution in [3.05, 3.63) is 28.8 Å². The molecule has 1 aromatic carbocycles. The molecule has 0 heterocycles. The fraction of sp³-hybridized carbons (Fsp3) is 0.625. The van der Waals surface area contributed by atoms with Gasteiger partial charge in [0.05, 0.1) is 7.11 Å². The lowest BCUT2D eigenvalue weighted by Crippen LogP contribution is -2.43. The quantitative estimate of drug-likeness (QED) is 0.906. The molecule has 1 aliphatic rings. The highest BCUT2D eigenvalue weighted by atomic mass is 16.5. The molecular formula is C16H26N2O. The first-order valence-electron chi connectivity index (χ1n) is 7.01. The second-order valence-corrected chi connectivity index (χ2v) is 6.10. The van der Waals surface area contributed by atoms with E-state index in [1.807, 2.05) is 0 Å². The van der Waals surface area contributed by atoms with Crippen LogP contribution < -0.4 is 10.5 Å². The summed E-state index contributed by atoms with van der Waals surface area (Å²) in [4.78, 5) is 2.30. The minimum atomic E-state index is 0.379. The first-order valence-corrected chi connectivity index (χ1v) is 7.01. The standard InChI is InChI=1S/C16H26N2O/c1-10-6-11(2)16(19-5)14(7-10)15(18(3)4)12-8-13(17)9-12/h6-7,12-13,15H,8-9,17H2,1-5H3. The molecule has 0 saturated heterocycles. The van der Waals surface area contributed by atoms with Crippen LogP contribution in [-0.4, -0.2) is 32.1 Å².